The Morgan fingerprint density at radius 2 is 2.53 bits per heavy atom. The van der Waals surface area contributed by atoms with E-state index in [4.69, 9.17) is 4.74 Å². The Balaban J connectivity index is 2.75. The Kier molecular flexibility index (Phi) is 4.24. The van der Waals surface area contributed by atoms with Gasteiger partial charge in [-0.2, -0.15) is 5.10 Å². The minimum Gasteiger partial charge on any atom is -0.357 e. The van der Waals surface area contributed by atoms with Gasteiger partial charge in [0.15, 0.2) is 0 Å². The van der Waals surface area contributed by atoms with E-state index in [9.17, 15) is 0 Å². The first kappa shape index (κ1) is 11.7. The second-order valence-corrected chi connectivity index (χ2v) is 3.10. The molecule has 0 saturated heterocycles. The molecule has 0 bridgehead atoms. The van der Waals surface area contributed by atoms with Crippen LogP contribution >= 0.6 is 0 Å². The highest BCUT2D eigenvalue weighted by atomic mass is 16.5. The van der Waals surface area contributed by atoms with E-state index in [0.29, 0.717) is 12.3 Å². The summed E-state index contributed by atoms with van der Waals surface area (Å²) in [5.41, 5.74) is 1.63. The molecular formula is C11H17N3O. The van der Waals surface area contributed by atoms with Gasteiger partial charge >= 0.3 is 0 Å². The molecule has 0 radical (unpaired) electrons. The average molecular weight is 207 g/mol. The molecule has 4 heteroatoms. The number of aliphatic imine (C=N–C) groups is 1. The minimum absolute atomic E-state index is 0.0536. The normalized spacial score (nSPS) is 13.3. The molecular weight excluding hydrogens is 190 g/mol. The van der Waals surface area contributed by atoms with Gasteiger partial charge in [0.2, 0.25) is 0 Å². The van der Waals surface area contributed by atoms with E-state index in [-0.39, 0.29) is 6.23 Å². The predicted molar refractivity (Wildman–Crippen MR) is 61.8 cm³/mol. The van der Waals surface area contributed by atoms with Crippen molar-refractivity contribution in [3.05, 3.63) is 24.5 Å². The quantitative estimate of drug-likeness (QED) is 0.696. The predicted octanol–water partition coefficient (Wildman–Crippen LogP) is 2.50. The molecule has 1 aromatic heterocycles. The van der Waals surface area contributed by atoms with Crippen LogP contribution in [0.25, 0.3) is 5.70 Å². The molecule has 82 valence electrons. The summed E-state index contributed by atoms with van der Waals surface area (Å²) in [6.07, 6.45) is 5.29. The van der Waals surface area contributed by atoms with Gasteiger partial charge in [0, 0.05) is 24.6 Å². The fourth-order valence-corrected chi connectivity index (χ4v) is 1.23. The summed E-state index contributed by atoms with van der Waals surface area (Å²) >= 11 is 0. The van der Waals surface area contributed by atoms with Crippen molar-refractivity contribution in [2.75, 3.05) is 6.61 Å². The first-order valence-electron chi connectivity index (χ1n) is 5.02. The highest BCUT2D eigenvalue weighted by molar-refractivity contribution is 5.70. The zero-order valence-electron chi connectivity index (χ0n) is 9.47. The molecule has 1 rings (SSSR count). The number of ether oxygens (including phenoxy) is 1. The molecule has 1 heterocycles. The lowest BCUT2D eigenvalue weighted by Gasteiger charge is -2.11. The zero-order valence-corrected chi connectivity index (χ0v) is 9.47. The summed E-state index contributed by atoms with van der Waals surface area (Å²) in [4.78, 5) is 4.10. The van der Waals surface area contributed by atoms with Crippen LogP contribution in [0.4, 0.5) is 0 Å². The Hall–Kier alpha value is -1.42. The van der Waals surface area contributed by atoms with Crippen LogP contribution in [0.3, 0.4) is 0 Å². The highest BCUT2D eigenvalue weighted by Gasteiger charge is 2.06. The van der Waals surface area contributed by atoms with Gasteiger partial charge in [0.05, 0.1) is 11.9 Å². The molecule has 0 aliphatic carbocycles. The standard InChI is InChI=1S/C11H17N3O/c1-5-12-9(3)11-7-13-14(8-11)10(4)15-6-2/h5,7-8,10H,3,6H2,1-2,4H3. The molecule has 4 nitrogen and oxygen atoms in total. The molecule has 0 N–H and O–H groups in total. The largest absolute Gasteiger partial charge is 0.357 e. The number of hydrogen-bond donors (Lipinski definition) is 0. The average Bonchev–Trinajstić information content (AvgIpc) is 2.67. The third kappa shape index (κ3) is 3.02. The summed E-state index contributed by atoms with van der Waals surface area (Å²) < 4.78 is 7.17. The van der Waals surface area contributed by atoms with E-state index in [2.05, 4.69) is 16.7 Å². The maximum atomic E-state index is 5.41. The number of rotatable bonds is 5. The van der Waals surface area contributed by atoms with Crippen LogP contribution in [0.2, 0.25) is 0 Å². The van der Waals surface area contributed by atoms with Crippen LogP contribution < -0.4 is 0 Å². The zero-order chi connectivity index (χ0) is 11.3. The first-order valence-corrected chi connectivity index (χ1v) is 5.02. The van der Waals surface area contributed by atoms with Crippen molar-refractivity contribution in [2.24, 2.45) is 4.99 Å². The van der Waals surface area contributed by atoms with Crippen molar-refractivity contribution in [1.29, 1.82) is 0 Å². The van der Waals surface area contributed by atoms with Crippen LogP contribution in [0, 0.1) is 0 Å². The summed E-state index contributed by atoms with van der Waals surface area (Å²) in [5.74, 6) is 0. The second kappa shape index (κ2) is 5.46. The van der Waals surface area contributed by atoms with Crippen LogP contribution in [0.15, 0.2) is 24.0 Å². The lowest BCUT2D eigenvalue weighted by molar-refractivity contribution is 0.0159. The molecule has 1 atom stereocenters. The van der Waals surface area contributed by atoms with Gasteiger partial charge in [-0.3, -0.25) is 4.99 Å². The van der Waals surface area contributed by atoms with Gasteiger partial charge in [0.1, 0.15) is 6.23 Å². The van der Waals surface area contributed by atoms with Crippen molar-refractivity contribution in [2.45, 2.75) is 27.0 Å². The van der Waals surface area contributed by atoms with E-state index < -0.39 is 0 Å². The van der Waals surface area contributed by atoms with E-state index in [1.165, 1.54) is 0 Å². The minimum atomic E-state index is -0.0536. The van der Waals surface area contributed by atoms with Crippen molar-refractivity contribution < 1.29 is 4.74 Å². The number of hydrogen-bond acceptors (Lipinski definition) is 3. The SMILES string of the molecule is C=C(N=CC)c1cnn(C(C)OCC)c1. The lowest BCUT2D eigenvalue weighted by atomic mass is 10.3. The molecule has 0 saturated carbocycles. The van der Waals surface area contributed by atoms with E-state index >= 15 is 0 Å². The highest BCUT2D eigenvalue weighted by Crippen LogP contribution is 2.15. The van der Waals surface area contributed by atoms with Gasteiger partial charge in [-0.25, -0.2) is 4.68 Å². The Bertz CT molecular complexity index is 354. The third-order valence-electron chi connectivity index (χ3n) is 2.00. The fraction of sp³-hybridized carbons (Fsp3) is 0.455. The Morgan fingerprint density at radius 1 is 1.80 bits per heavy atom. The number of nitrogens with zero attached hydrogens (tertiary/aromatic N) is 3. The van der Waals surface area contributed by atoms with E-state index in [1.54, 1.807) is 17.1 Å². The molecule has 0 aromatic carbocycles. The monoisotopic (exact) mass is 207 g/mol. The van der Waals surface area contributed by atoms with Gasteiger partial charge in [-0.05, 0) is 20.8 Å². The smallest absolute Gasteiger partial charge is 0.147 e. The van der Waals surface area contributed by atoms with Crippen LogP contribution in [0.1, 0.15) is 32.6 Å². The Morgan fingerprint density at radius 3 is 3.13 bits per heavy atom. The molecule has 0 fully saturated rings. The first-order chi connectivity index (χ1) is 7.19. The summed E-state index contributed by atoms with van der Waals surface area (Å²) in [7, 11) is 0. The maximum Gasteiger partial charge on any atom is 0.147 e. The van der Waals surface area contributed by atoms with Gasteiger partial charge < -0.3 is 4.74 Å². The summed E-state index contributed by atoms with van der Waals surface area (Å²) in [6, 6.07) is 0. The second-order valence-electron chi connectivity index (χ2n) is 3.10. The van der Waals surface area contributed by atoms with Crippen LogP contribution in [-0.4, -0.2) is 22.6 Å². The Labute approximate surface area is 90.3 Å². The van der Waals surface area contributed by atoms with E-state index in [0.717, 1.165) is 5.56 Å². The molecule has 1 aromatic rings. The topological polar surface area (TPSA) is 39.4 Å². The van der Waals surface area contributed by atoms with Crippen molar-refractivity contribution in [3.8, 4) is 0 Å². The molecule has 15 heavy (non-hydrogen) atoms. The van der Waals surface area contributed by atoms with Crippen LogP contribution in [0.5, 0.6) is 0 Å². The van der Waals surface area contributed by atoms with Crippen molar-refractivity contribution in [1.82, 2.24) is 9.78 Å². The van der Waals surface area contributed by atoms with E-state index in [1.807, 2.05) is 27.0 Å². The van der Waals surface area contributed by atoms with Crippen molar-refractivity contribution in [3.63, 3.8) is 0 Å². The third-order valence-corrected chi connectivity index (χ3v) is 2.00. The lowest BCUT2D eigenvalue weighted by Crippen LogP contribution is -2.09. The molecule has 0 spiro atoms. The van der Waals surface area contributed by atoms with Gasteiger partial charge in [-0.15, -0.1) is 0 Å². The van der Waals surface area contributed by atoms with Crippen molar-refractivity contribution >= 4 is 11.9 Å². The molecule has 0 amide bonds. The summed E-state index contributed by atoms with van der Waals surface area (Å²) in [5, 5.41) is 4.19. The molecule has 1 unspecified atom stereocenters. The van der Waals surface area contributed by atoms with Gasteiger partial charge in [-0.1, -0.05) is 6.58 Å². The molecule has 0 aliphatic heterocycles. The molecule has 0 aliphatic rings. The van der Waals surface area contributed by atoms with Crippen LogP contribution in [-0.2, 0) is 4.74 Å². The summed E-state index contributed by atoms with van der Waals surface area (Å²) in [6.45, 7) is 10.3. The maximum absolute atomic E-state index is 5.41. The number of aromatic nitrogens is 2. The van der Waals surface area contributed by atoms with Gasteiger partial charge in [0.25, 0.3) is 0 Å². The fourth-order valence-electron chi connectivity index (χ4n) is 1.23.